The van der Waals surface area contributed by atoms with Gasteiger partial charge in [-0.2, -0.15) is 5.26 Å². The Morgan fingerprint density at radius 1 is 1.21 bits per heavy atom. The summed E-state index contributed by atoms with van der Waals surface area (Å²) in [4.78, 5) is 11.6. The van der Waals surface area contributed by atoms with Gasteiger partial charge >= 0.3 is 6.09 Å². The number of rotatable bonds is 3. The van der Waals surface area contributed by atoms with E-state index in [9.17, 15) is 4.79 Å². The van der Waals surface area contributed by atoms with Crippen LogP contribution in [0.5, 0.6) is 0 Å². The summed E-state index contributed by atoms with van der Waals surface area (Å²) in [6.07, 6.45) is -0.599. The van der Waals surface area contributed by atoms with E-state index in [2.05, 4.69) is 27.1 Å². The molecule has 1 heterocycles. The van der Waals surface area contributed by atoms with E-state index < -0.39 is 11.7 Å². The van der Waals surface area contributed by atoms with Crippen molar-refractivity contribution in [2.75, 3.05) is 5.43 Å². The lowest BCUT2D eigenvalue weighted by molar-refractivity contribution is 0.0541. The molecule has 0 spiro atoms. The summed E-state index contributed by atoms with van der Waals surface area (Å²) in [6.45, 7) is 7.23. The average molecular weight is 325 g/mol. The first-order chi connectivity index (χ1) is 11.3. The van der Waals surface area contributed by atoms with Crippen LogP contribution in [0.15, 0.2) is 30.3 Å². The second-order valence-electron chi connectivity index (χ2n) is 6.20. The molecule has 7 heteroatoms. The largest absolute Gasteiger partial charge is 0.443 e. The minimum atomic E-state index is -0.599. The van der Waals surface area contributed by atoms with Crippen molar-refractivity contribution in [2.45, 2.75) is 33.3 Å². The molecule has 0 aliphatic carbocycles. The number of anilines is 1. The zero-order valence-corrected chi connectivity index (χ0v) is 14.0. The van der Waals surface area contributed by atoms with Gasteiger partial charge in [0, 0.05) is 5.56 Å². The Bertz CT molecular complexity index is 773. The van der Waals surface area contributed by atoms with Crippen molar-refractivity contribution in [2.24, 2.45) is 0 Å². The van der Waals surface area contributed by atoms with Crippen molar-refractivity contribution in [1.29, 1.82) is 5.26 Å². The van der Waals surface area contributed by atoms with E-state index in [0.29, 0.717) is 17.1 Å². The van der Waals surface area contributed by atoms with E-state index in [1.807, 2.05) is 19.1 Å². The number of ether oxygens (including phenoxy) is 1. The molecule has 0 aliphatic heterocycles. The minimum Gasteiger partial charge on any atom is -0.443 e. The van der Waals surface area contributed by atoms with Crippen LogP contribution in [0.2, 0.25) is 0 Å². The van der Waals surface area contributed by atoms with Gasteiger partial charge in [-0.1, -0.05) is 12.1 Å². The van der Waals surface area contributed by atoms with Gasteiger partial charge in [-0.3, -0.25) is 5.43 Å². The molecule has 2 rings (SSSR count). The van der Waals surface area contributed by atoms with Crippen LogP contribution < -0.4 is 10.9 Å². The number of aryl methyl sites for hydroxylation is 1. The normalized spacial score (nSPS) is 10.6. The molecule has 1 aromatic carbocycles. The molecule has 124 valence electrons. The van der Waals surface area contributed by atoms with Gasteiger partial charge in [-0.15, -0.1) is 10.2 Å². The van der Waals surface area contributed by atoms with Gasteiger partial charge in [0.1, 0.15) is 5.60 Å². The van der Waals surface area contributed by atoms with Crippen LogP contribution in [0, 0.1) is 18.3 Å². The van der Waals surface area contributed by atoms with E-state index in [4.69, 9.17) is 10.00 Å². The molecule has 24 heavy (non-hydrogen) atoms. The Hall–Kier alpha value is -3.14. The zero-order chi connectivity index (χ0) is 17.7. The highest BCUT2D eigenvalue weighted by molar-refractivity contribution is 5.70. The summed E-state index contributed by atoms with van der Waals surface area (Å²) >= 11 is 0. The number of carbonyl (C=O) groups is 1. The lowest BCUT2D eigenvalue weighted by Gasteiger charge is -2.19. The molecule has 0 saturated heterocycles. The first-order valence-corrected chi connectivity index (χ1v) is 7.38. The monoisotopic (exact) mass is 325 g/mol. The summed E-state index contributed by atoms with van der Waals surface area (Å²) in [5.41, 5.74) is 7.54. The summed E-state index contributed by atoms with van der Waals surface area (Å²) in [6, 6.07) is 10.9. The number of nitriles is 1. The van der Waals surface area contributed by atoms with Crippen LogP contribution in [-0.4, -0.2) is 21.9 Å². The molecule has 1 amide bonds. The maximum absolute atomic E-state index is 11.6. The Labute approximate surface area is 140 Å². The van der Waals surface area contributed by atoms with Crippen LogP contribution in [0.25, 0.3) is 11.3 Å². The third-order valence-corrected chi connectivity index (χ3v) is 2.96. The number of hydrogen-bond acceptors (Lipinski definition) is 6. The molecule has 0 fully saturated rings. The highest BCUT2D eigenvalue weighted by Crippen LogP contribution is 2.22. The predicted octanol–water partition coefficient (Wildman–Crippen LogP) is 3.18. The molecule has 0 aliphatic rings. The van der Waals surface area contributed by atoms with Gasteiger partial charge < -0.3 is 4.74 Å². The fourth-order valence-electron chi connectivity index (χ4n) is 1.95. The van der Waals surface area contributed by atoms with E-state index in [0.717, 1.165) is 11.1 Å². The number of aromatic nitrogens is 2. The minimum absolute atomic E-state index is 0.399. The van der Waals surface area contributed by atoms with Gasteiger partial charge in [0.05, 0.1) is 17.3 Å². The number of hydrogen-bond donors (Lipinski definition) is 2. The van der Waals surface area contributed by atoms with Crippen molar-refractivity contribution in [1.82, 2.24) is 15.6 Å². The van der Waals surface area contributed by atoms with Crippen LogP contribution in [0.3, 0.4) is 0 Å². The van der Waals surface area contributed by atoms with Crippen molar-refractivity contribution < 1.29 is 9.53 Å². The standard InChI is InChI=1S/C17H19N5O2/c1-11-9-14(20-22-16(23)24-17(2,3)4)19-21-15(11)13-7-5-12(10-18)6-8-13/h5-9H,1-4H3,(H,19,20)(H,22,23). The molecule has 0 unspecified atom stereocenters. The van der Waals surface area contributed by atoms with Crippen molar-refractivity contribution >= 4 is 11.9 Å². The van der Waals surface area contributed by atoms with Crippen LogP contribution in [0.1, 0.15) is 31.9 Å². The Balaban J connectivity index is 2.06. The molecule has 2 N–H and O–H groups in total. The first-order valence-electron chi connectivity index (χ1n) is 7.38. The summed E-state index contributed by atoms with van der Waals surface area (Å²) in [5.74, 6) is 0.399. The molecule has 1 aromatic heterocycles. The molecule has 0 bridgehead atoms. The fraction of sp³-hybridized carbons (Fsp3) is 0.294. The van der Waals surface area contributed by atoms with Gasteiger partial charge in [-0.25, -0.2) is 10.2 Å². The van der Waals surface area contributed by atoms with Crippen molar-refractivity contribution in [3.63, 3.8) is 0 Å². The number of hydrazine groups is 1. The van der Waals surface area contributed by atoms with Crippen molar-refractivity contribution in [3.8, 4) is 17.3 Å². The van der Waals surface area contributed by atoms with Gasteiger partial charge in [0.15, 0.2) is 5.82 Å². The average Bonchev–Trinajstić information content (AvgIpc) is 2.52. The SMILES string of the molecule is Cc1cc(NNC(=O)OC(C)(C)C)nnc1-c1ccc(C#N)cc1. The van der Waals surface area contributed by atoms with Crippen LogP contribution >= 0.6 is 0 Å². The second kappa shape index (κ2) is 6.96. The van der Waals surface area contributed by atoms with Crippen LogP contribution in [0.4, 0.5) is 10.6 Å². The van der Waals surface area contributed by atoms with E-state index in [1.165, 1.54) is 0 Å². The van der Waals surface area contributed by atoms with Gasteiger partial charge in [0.2, 0.25) is 0 Å². The molecule has 0 saturated carbocycles. The lowest BCUT2D eigenvalue weighted by Crippen LogP contribution is -2.36. The molecular formula is C17H19N5O2. The number of amides is 1. The maximum Gasteiger partial charge on any atom is 0.426 e. The van der Waals surface area contributed by atoms with Gasteiger partial charge in [-0.05, 0) is 51.5 Å². The number of nitrogens with zero attached hydrogens (tertiary/aromatic N) is 3. The topological polar surface area (TPSA) is 99.9 Å². The number of carbonyl (C=O) groups excluding carboxylic acids is 1. The number of benzene rings is 1. The maximum atomic E-state index is 11.6. The predicted molar refractivity (Wildman–Crippen MR) is 89.9 cm³/mol. The van der Waals surface area contributed by atoms with E-state index >= 15 is 0 Å². The highest BCUT2D eigenvalue weighted by Gasteiger charge is 2.16. The fourth-order valence-corrected chi connectivity index (χ4v) is 1.95. The summed E-state index contributed by atoms with van der Waals surface area (Å²) < 4.78 is 5.12. The van der Waals surface area contributed by atoms with Gasteiger partial charge in [0.25, 0.3) is 0 Å². The molecule has 2 aromatic rings. The highest BCUT2D eigenvalue weighted by atomic mass is 16.6. The molecule has 7 nitrogen and oxygen atoms in total. The van der Waals surface area contributed by atoms with E-state index in [-0.39, 0.29) is 0 Å². The zero-order valence-electron chi connectivity index (χ0n) is 14.0. The summed E-state index contributed by atoms with van der Waals surface area (Å²) in [7, 11) is 0. The third kappa shape index (κ3) is 4.68. The smallest absolute Gasteiger partial charge is 0.426 e. The third-order valence-electron chi connectivity index (χ3n) is 2.96. The molecule has 0 radical (unpaired) electrons. The number of nitrogens with one attached hydrogen (secondary N) is 2. The Morgan fingerprint density at radius 2 is 1.88 bits per heavy atom. The Kier molecular flexibility index (Phi) is 4.99. The second-order valence-corrected chi connectivity index (χ2v) is 6.20. The summed E-state index contributed by atoms with van der Waals surface area (Å²) in [5, 5.41) is 17.0. The lowest BCUT2D eigenvalue weighted by atomic mass is 10.1. The van der Waals surface area contributed by atoms with Crippen LogP contribution in [-0.2, 0) is 4.74 Å². The first kappa shape index (κ1) is 17.2. The molecule has 0 atom stereocenters. The van der Waals surface area contributed by atoms with E-state index in [1.54, 1.807) is 39.0 Å². The Morgan fingerprint density at radius 3 is 2.42 bits per heavy atom. The molecular weight excluding hydrogens is 306 g/mol. The van der Waals surface area contributed by atoms with Crippen molar-refractivity contribution in [3.05, 3.63) is 41.5 Å². The quantitative estimate of drug-likeness (QED) is 0.841.